The van der Waals surface area contributed by atoms with Gasteiger partial charge in [0, 0.05) is 10.9 Å². The minimum absolute atomic E-state index is 0.275. The SMILES string of the molecule is CC(NC(=O)Cn1cc([N+](=O)[O-])cc(C(N)=O)c1=O)c1cccs1. The largest absolute Gasteiger partial charge is 0.365 e. The fraction of sp³-hybridized carbons (Fsp3) is 0.214. The second-order valence-electron chi connectivity index (χ2n) is 4.97. The molecule has 0 saturated heterocycles. The van der Waals surface area contributed by atoms with Crippen molar-refractivity contribution >= 4 is 28.8 Å². The van der Waals surface area contributed by atoms with E-state index in [-0.39, 0.29) is 6.04 Å². The molecule has 0 bridgehead atoms. The Morgan fingerprint density at radius 3 is 2.75 bits per heavy atom. The first-order valence-electron chi connectivity index (χ1n) is 6.81. The van der Waals surface area contributed by atoms with Crippen LogP contribution in [0.4, 0.5) is 5.69 Å². The van der Waals surface area contributed by atoms with Crippen LogP contribution in [-0.2, 0) is 11.3 Å². The summed E-state index contributed by atoms with van der Waals surface area (Å²) >= 11 is 1.46. The topological polar surface area (TPSA) is 137 Å². The van der Waals surface area contributed by atoms with Gasteiger partial charge in [0.1, 0.15) is 12.1 Å². The predicted octanol–water partition coefficient (Wildman–Crippen LogP) is 0.794. The molecule has 2 amide bonds. The first kappa shape index (κ1) is 17.3. The van der Waals surface area contributed by atoms with Crippen molar-refractivity contribution in [3.8, 4) is 0 Å². The molecule has 126 valence electrons. The molecule has 2 heterocycles. The van der Waals surface area contributed by atoms with Crippen LogP contribution in [0.1, 0.15) is 28.2 Å². The summed E-state index contributed by atoms with van der Waals surface area (Å²) in [4.78, 5) is 46.5. The summed E-state index contributed by atoms with van der Waals surface area (Å²) in [5, 5.41) is 15.4. The van der Waals surface area contributed by atoms with Crippen molar-refractivity contribution in [2.75, 3.05) is 0 Å². The number of nitrogens with zero attached hydrogens (tertiary/aromatic N) is 2. The summed E-state index contributed by atoms with van der Waals surface area (Å²) in [5.41, 5.74) is 3.16. The normalized spacial score (nSPS) is 11.7. The highest BCUT2D eigenvalue weighted by Gasteiger charge is 2.19. The van der Waals surface area contributed by atoms with E-state index in [4.69, 9.17) is 5.73 Å². The maximum atomic E-state index is 12.1. The summed E-state index contributed by atoms with van der Waals surface area (Å²) in [7, 11) is 0. The van der Waals surface area contributed by atoms with Crippen LogP contribution in [0.2, 0.25) is 0 Å². The van der Waals surface area contributed by atoms with E-state index in [1.807, 2.05) is 17.5 Å². The highest BCUT2D eigenvalue weighted by atomic mass is 32.1. The second-order valence-corrected chi connectivity index (χ2v) is 5.95. The summed E-state index contributed by atoms with van der Waals surface area (Å²) in [5.74, 6) is -1.61. The smallest absolute Gasteiger partial charge is 0.286 e. The van der Waals surface area contributed by atoms with Crippen molar-refractivity contribution < 1.29 is 14.5 Å². The molecule has 0 aliphatic carbocycles. The monoisotopic (exact) mass is 350 g/mol. The molecular weight excluding hydrogens is 336 g/mol. The van der Waals surface area contributed by atoms with Crippen LogP contribution >= 0.6 is 11.3 Å². The van der Waals surface area contributed by atoms with Crippen LogP contribution in [0.5, 0.6) is 0 Å². The van der Waals surface area contributed by atoms with Crippen molar-refractivity contribution in [1.29, 1.82) is 0 Å². The van der Waals surface area contributed by atoms with E-state index in [0.717, 1.165) is 21.7 Å². The van der Waals surface area contributed by atoms with Crippen LogP contribution in [0.3, 0.4) is 0 Å². The van der Waals surface area contributed by atoms with E-state index in [0.29, 0.717) is 0 Å². The molecule has 0 aliphatic heterocycles. The van der Waals surface area contributed by atoms with Crippen LogP contribution in [0, 0.1) is 10.1 Å². The number of nitro groups is 1. The van der Waals surface area contributed by atoms with Gasteiger partial charge in [0.05, 0.1) is 17.2 Å². The third-order valence-corrected chi connectivity index (χ3v) is 4.26. The standard InChI is InChI=1S/C14H14N4O5S/c1-8(11-3-2-4-24-11)16-12(19)7-17-6-9(18(22)23)5-10(13(15)20)14(17)21/h2-6,8H,7H2,1H3,(H2,15,20)(H,16,19). The summed E-state index contributed by atoms with van der Waals surface area (Å²) < 4.78 is 0.800. The van der Waals surface area contributed by atoms with Gasteiger partial charge in [-0.3, -0.25) is 29.1 Å². The molecule has 24 heavy (non-hydrogen) atoms. The number of rotatable bonds is 6. The average molecular weight is 350 g/mol. The Kier molecular flexibility index (Phi) is 5.09. The van der Waals surface area contributed by atoms with Gasteiger partial charge in [-0.15, -0.1) is 11.3 Å². The zero-order valence-electron chi connectivity index (χ0n) is 12.6. The Morgan fingerprint density at radius 1 is 1.50 bits per heavy atom. The molecule has 1 unspecified atom stereocenters. The van der Waals surface area contributed by atoms with Crippen molar-refractivity contribution in [2.45, 2.75) is 19.5 Å². The first-order valence-corrected chi connectivity index (χ1v) is 7.69. The maximum Gasteiger partial charge on any atom is 0.286 e. The lowest BCUT2D eigenvalue weighted by Gasteiger charge is -2.13. The van der Waals surface area contributed by atoms with Crippen molar-refractivity contribution in [3.05, 3.63) is 60.7 Å². The number of carbonyl (C=O) groups excluding carboxylic acids is 2. The zero-order chi connectivity index (χ0) is 17.9. The minimum Gasteiger partial charge on any atom is -0.365 e. The summed E-state index contributed by atoms with van der Waals surface area (Å²) in [6.45, 7) is 1.31. The lowest BCUT2D eigenvalue weighted by Crippen LogP contribution is -2.36. The lowest BCUT2D eigenvalue weighted by atomic mass is 10.2. The van der Waals surface area contributed by atoms with E-state index < -0.39 is 40.1 Å². The van der Waals surface area contributed by atoms with Gasteiger partial charge in [-0.25, -0.2) is 0 Å². The van der Waals surface area contributed by atoms with Gasteiger partial charge in [0.15, 0.2) is 0 Å². The molecule has 3 N–H and O–H groups in total. The fourth-order valence-corrected chi connectivity index (χ4v) is 2.80. The first-order chi connectivity index (χ1) is 11.3. The number of thiophene rings is 1. The fourth-order valence-electron chi connectivity index (χ4n) is 2.06. The number of aromatic nitrogens is 1. The van der Waals surface area contributed by atoms with Gasteiger partial charge in [-0.1, -0.05) is 6.07 Å². The quantitative estimate of drug-likeness (QED) is 0.586. The third-order valence-electron chi connectivity index (χ3n) is 3.21. The third kappa shape index (κ3) is 3.84. The number of primary amides is 1. The molecule has 0 aromatic carbocycles. The second kappa shape index (κ2) is 7.04. The Hall–Kier alpha value is -3.01. The van der Waals surface area contributed by atoms with Crippen LogP contribution in [0.15, 0.2) is 34.6 Å². The molecule has 2 aromatic heterocycles. The molecule has 0 spiro atoms. The van der Waals surface area contributed by atoms with Crippen molar-refractivity contribution in [2.24, 2.45) is 5.73 Å². The molecular formula is C14H14N4O5S. The molecule has 0 aliphatic rings. The van der Waals surface area contributed by atoms with E-state index >= 15 is 0 Å². The van der Waals surface area contributed by atoms with Crippen molar-refractivity contribution in [3.63, 3.8) is 0 Å². The van der Waals surface area contributed by atoms with Gasteiger partial charge in [-0.2, -0.15) is 0 Å². The minimum atomic E-state index is -1.09. The molecule has 2 aromatic rings. The van der Waals surface area contributed by atoms with Crippen LogP contribution in [0.25, 0.3) is 0 Å². The molecule has 0 radical (unpaired) electrons. The van der Waals surface area contributed by atoms with Gasteiger partial charge in [0.2, 0.25) is 5.91 Å². The highest BCUT2D eigenvalue weighted by molar-refractivity contribution is 7.10. The molecule has 0 fully saturated rings. The van der Waals surface area contributed by atoms with E-state index in [2.05, 4.69) is 5.32 Å². The number of nitrogens with two attached hydrogens (primary N) is 1. The number of amides is 2. The zero-order valence-corrected chi connectivity index (χ0v) is 13.4. The number of carbonyl (C=O) groups is 2. The molecule has 9 nitrogen and oxygen atoms in total. The van der Waals surface area contributed by atoms with Gasteiger partial charge >= 0.3 is 0 Å². The Labute approximate surface area is 139 Å². The van der Waals surface area contributed by atoms with Crippen molar-refractivity contribution in [1.82, 2.24) is 9.88 Å². The molecule has 1 atom stereocenters. The van der Waals surface area contributed by atoms with E-state index in [9.17, 15) is 24.5 Å². The molecule has 10 heteroatoms. The highest BCUT2D eigenvalue weighted by Crippen LogP contribution is 2.18. The van der Waals surface area contributed by atoms with Gasteiger partial charge < -0.3 is 11.1 Å². The summed E-state index contributed by atoms with van der Waals surface area (Å²) in [6, 6.07) is 4.21. The number of nitrogens with one attached hydrogen (secondary N) is 1. The Bertz CT molecular complexity index is 843. The Balaban J connectivity index is 2.25. The van der Waals surface area contributed by atoms with E-state index in [1.54, 1.807) is 6.92 Å². The Morgan fingerprint density at radius 2 is 2.21 bits per heavy atom. The van der Waals surface area contributed by atoms with Gasteiger partial charge in [0.25, 0.3) is 17.2 Å². The molecule has 0 saturated carbocycles. The summed E-state index contributed by atoms with van der Waals surface area (Å²) in [6.07, 6.45) is 0.907. The lowest BCUT2D eigenvalue weighted by molar-refractivity contribution is -0.385. The van der Waals surface area contributed by atoms with Gasteiger partial charge in [-0.05, 0) is 18.4 Å². The molecule has 2 rings (SSSR count). The maximum absolute atomic E-state index is 12.1. The van der Waals surface area contributed by atoms with E-state index in [1.165, 1.54) is 11.3 Å². The van der Waals surface area contributed by atoms with Crippen LogP contribution in [-0.4, -0.2) is 21.3 Å². The number of pyridine rings is 1. The van der Waals surface area contributed by atoms with Crippen LogP contribution < -0.4 is 16.6 Å². The number of hydrogen-bond acceptors (Lipinski definition) is 6. The predicted molar refractivity (Wildman–Crippen MR) is 86.8 cm³/mol. The average Bonchev–Trinajstić information content (AvgIpc) is 3.03. The number of hydrogen-bond donors (Lipinski definition) is 2.